The first-order valence-electron chi connectivity index (χ1n) is 29.8. The van der Waals surface area contributed by atoms with E-state index in [0.717, 1.165) is 0 Å². The predicted molar refractivity (Wildman–Crippen MR) is 206 cm³/mol. The third-order valence-corrected chi connectivity index (χ3v) is 9.00. The molecule has 2 aliphatic rings. The third-order valence-electron chi connectivity index (χ3n) is 9.00. The van der Waals surface area contributed by atoms with Crippen LogP contribution in [0.4, 0.5) is 0 Å². The standard InChI is InChI=1S/C49H30/c1-2-14-34(33(13-1)31-25-27-39-37-17-4-3-15-35(37)36-16-5-6-18-38(36)43(39)29-31)32-26-28-48-44(30-32)42-21-9-12-24-47(42)49(48)45-22-10-7-19-40(45)41-20-8-11-23-46(41)49/h1-30H/i1D,2D,3D,4D,5D,6D,7D,8D,9D,10D,11D,12D,13D,14D,15D,16D,17D,18D,19D,20D,21D,22D,23D,24D,25D,26D,27D,28D,29D,30D. The zero-order valence-electron chi connectivity index (χ0n) is 54.5. The molecule has 0 atom stereocenters. The zero-order chi connectivity index (χ0) is 58.2. The molecule has 0 aromatic heterocycles. The Labute approximate surface area is 327 Å². The number of benzene rings is 9. The average molecular weight is 649 g/mol. The second kappa shape index (κ2) is 9.89. The van der Waals surface area contributed by atoms with E-state index in [9.17, 15) is 16.4 Å². The maximum atomic E-state index is 10.2. The van der Waals surface area contributed by atoms with Gasteiger partial charge in [0.1, 0.15) is 0 Å². The van der Waals surface area contributed by atoms with E-state index >= 15 is 0 Å². The molecule has 0 saturated carbocycles. The Hall–Kier alpha value is -6.24. The van der Waals surface area contributed by atoms with Crippen molar-refractivity contribution in [3.05, 3.63) is 204 Å². The minimum atomic E-state index is -2.81. The molecule has 0 fully saturated rings. The molecule has 0 unspecified atom stereocenters. The van der Waals surface area contributed by atoms with Crippen LogP contribution in [-0.2, 0) is 5.41 Å². The largest absolute Gasteiger partial charge is 0.0725 e. The summed E-state index contributed by atoms with van der Waals surface area (Å²) in [6.45, 7) is 0. The lowest BCUT2D eigenvalue weighted by Gasteiger charge is -2.30. The molecule has 1 spiro atoms. The number of fused-ring (bicyclic) bond motifs is 16. The zero-order valence-corrected chi connectivity index (χ0v) is 24.5. The summed E-state index contributed by atoms with van der Waals surface area (Å²) in [5, 5.41) is -3.45. The lowest BCUT2D eigenvalue weighted by atomic mass is 9.70. The molecule has 0 amide bonds. The van der Waals surface area contributed by atoms with Gasteiger partial charge in [-0.25, -0.2) is 0 Å². The van der Waals surface area contributed by atoms with Crippen LogP contribution in [0.5, 0.6) is 0 Å². The first-order chi connectivity index (χ1) is 36.8. The van der Waals surface area contributed by atoms with Crippen molar-refractivity contribution in [1.82, 2.24) is 0 Å². The number of rotatable bonds is 2. The van der Waals surface area contributed by atoms with Crippen LogP contribution in [0, 0.1) is 0 Å². The summed E-state index contributed by atoms with van der Waals surface area (Å²) in [5.41, 5.74) is -11.7. The Balaban J connectivity index is 1.39. The van der Waals surface area contributed by atoms with E-state index in [-0.39, 0.29) is 0 Å². The molecule has 0 saturated heterocycles. The van der Waals surface area contributed by atoms with Crippen LogP contribution in [0.25, 0.3) is 76.8 Å². The van der Waals surface area contributed by atoms with Gasteiger partial charge in [-0.3, -0.25) is 0 Å². The molecular weight excluding hydrogens is 589 g/mol. The molecule has 49 heavy (non-hydrogen) atoms. The van der Waals surface area contributed by atoms with Gasteiger partial charge in [0.2, 0.25) is 0 Å². The summed E-state index contributed by atoms with van der Waals surface area (Å²) in [5.74, 6) is 0. The molecule has 0 nitrogen and oxygen atoms in total. The molecular formula is C49H30. The second-order valence-corrected chi connectivity index (χ2v) is 11.2. The average Bonchev–Trinajstić information content (AvgIpc) is 1.99. The number of hydrogen-bond acceptors (Lipinski definition) is 0. The van der Waals surface area contributed by atoms with E-state index in [1.807, 2.05) is 0 Å². The summed E-state index contributed by atoms with van der Waals surface area (Å²) in [6.07, 6.45) is 0. The van der Waals surface area contributed by atoms with Crippen molar-refractivity contribution in [3.63, 3.8) is 0 Å². The van der Waals surface area contributed by atoms with Crippen molar-refractivity contribution in [2.24, 2.45) is 0 Å². The van der Waals surface area contributed by atoms with E-state index in [0.29, 0.717) is 0 Å². The van der Waals surface area contributed by atoms with Crippen LogP contribution in [0.2, 0.25) is 0 Å². The van der Waals surface area contributed by atoms with Crippen LogP contribution < -0.4 is 0 Å². The smallest absolute Gasteiger partial charge is 0.0619 e. The molecule has 0 heterocycles. The van der Waals surface area contributed by atoms with E-state index in [2.05, 4.69) is 0 Å². The lowest BCUT2D eigenvalue weighted by molar-refractivity contribution is 0.794. The van der Waals surface area contributed by atoms with Crippen molar-refractivity contribution < 1.29 is 41.1 Å². The van der Waals surface area contributed by atoms with Crippen LogP contribution >= 0.6 is 0 Å². The summed E-state index contributed by atoms with van der Waals surface area (Å²) >= 11 is 0. The van der Waals surface area contributed by atoms with Crippen molar-refractivity contribution in [2.45, 2.75) is 5.41 Å². The fourth-order valence-electron chi connectivity index (χ4n) is 7.06. The van der Waals surface area contributed by atoms with Gasteiger partial charge in [-0.1, -0.05) is 169 Å². The highest BCUT2D eigenvalue weighted by atomic mass is 14.5. The number of hydrogen-bond donors (Lipinski definition) is 0. The van der Waals surface area contributed by atoms with Gasteiger partial charge in [-0.2, -0.15) is 0 Å². The predicted octanol–water partition coefficient (Wildman–Crippen LogP) is 12.8. The summed E-state index contributed by atoms with van der Waals surface area (Å²) in [4.78, 5) is 0. The quantitative estimate of drug-likeness (QED) is 0.164. The normalized spacial score (nSPS) is 22.0. The van der Waals surface area contributed by atoms with Gasteiger partial charge in [-0.05, 0) is 111 Å². The van der Waals surface area contributed by atoms with Crippen molar-refractivity contribution >= 4 is 32.3 Å². The minimum Gasteiger partial charge on any atom is -0.0619 e. The first-order valence-corrected chi connectivity index (χ1v) is 14.8. The van der Waals surface area contributed by atoms with Gasteiger partial charge in [0.15, 0.2) is 0 Å². The van der Waals surface area contributed by atoms with Crippen LogP contribution in [0.1, 0.15) is 63.4 Å². The van der Waals surface area contributed by atoms with Gasteiger partial charge in [0.05, 0.1) is 46.5 Å². The Morgan fingerprint density at radius 3 is 1.14 bits per heavy atom. The fraction of sp³-hybridized carbons (Fsp3) is 0.0204. The van der Waals surface area contributed by atoms with E-state index in [1.54, 1.807) is 0 Å². The van der Waals surface area contributed by atoms with Gasteiger partial charge in [0, 0.05) is 0 Å². The molecule has 9 aromatic carbocycles. The van der Waals surface area contributed by atoms with Crippen LogP contribution in [0.3, 0.4) is 0 Å². The minimum absolute atomic E-state index is 0.503. The van der Waals surface area contributed by atoms with Gasteiger partial charge >= 0.3 is 0 Å². The summed E-state index contributed by atoms with van der Waals surface area (Å²) in [6, 6.07) is -28.8. The molecule has 226 valence electrons. The molecule has 2 aliphatic carbocycles. The molecule has 0 N–H and O–H groups in total. The Kier molecular flexibility index (Phi) is 2.20. The Bertz CT molecular complexity index is 4430. The summed E-state index contributed by atoms with van der Waals surface area (Å²) < 4.78 is 275. The van der Waals surface area contributed by atoms with Gasteiger partial charge < -0.3 is 0 Å². The van der Waals surface area contributed by atoms with Crippen molar-refractivity contribution in [2.75, 3.05) is 0 Å². The van der Waals surface area contributed by atoms with Crippen molar-refractivity contribution in [1.29, 1.82) is 0 Å². The highest BCUT2D eigenvalue weighted by Gasteiger charge is 2.51. The fourth-order valence-corrected chi connectivity index (χ4v) is 7.06. The van der Waals surface area contributed by atoms with E-state index < -0.39 is 286 Å². The maximum Gasteiger partial charge on any atom is 0.0725 e. The first kappa shape index (κ1) is 10.9. The highest BCUT2D eigenvalue weighted by molar-refractivity contribution is 6.25. The van der Waals surface area contributed by atoms with E-state index in [4.69, 9.17) is 24.7 Å². The molecule has 11 rings (SSSR count). The van der Waals surface area contributed by atoms with E-state index in [1.165, 1.54) is 0 Å². The monoisotopic (exact) mass is 648 g/mol. The second-order valence-electron chi connectivity index (χ2n) is 11.2. The molecule has 9 aromatic rings. The SMILES string of the molecule is [2H]c1c([2H])c([2H])c(-c2c([2H])c([2H])c3c4c([2H])c([2H])c([2H])c([2H])c4c4c([2H])c([2H])c([2H])c([2H])c4c3c2[2H])c(-c2c([2H])c([2H])c3c(c2[2H])-c2c([2H])c([2H])c([2H])c([2H])c2C32c3c([2H])c([2H])c([2H])c([2H])c3-c3c([2H])c([2H])c([2H])c([2H])c32)c1[2H]. The van der Waals surface area contributed by atoms with Gasteiger partial charge in [-0.15, -0.1) is 0 Å². The van der Waals surface area contributed by atoms with Gasteiger partial charge in [0.25, 0.3) is 0 Å². The topological polar surface area (TPSA) is 0 Å². The molecule has 0 aliphatic heterocycles. The molecule has 0 heteroatoms. The van der Waals surface area contributed by atoms with Crippen LogP contribution in [-0.4, -0.2) is 0 Å². The molecule has 0 radical (unpaired) electrons. The Morgan fingerprint density at radius 2 is 0.612 bits per heavy atom. The third kappa shape index (κ3) is 3.48. The Morgan fingerprint density at radius 1 is 0.265 bits per heavy atom. The maximum absolute atomic E-state index is 10.2. The lowest BCUT2D eigenvalue weighted by Crippen LogP contribution is -2.25. The molecule has 0 bridgehead atoms. The summed E-state index contributed by atoms with van der Waals surface area (Å²) in [7, 11) is 0. The van der Waals surface area contributed by atoms with Crippen molar-refractivity contribution in [3.8, 4) is 44.5 Å². The van der Waals surface area contributed by atoms with Crippen LogP contribution in [0.15, 0.2) is 181 Å². The highest BCUT2D eigenvalue weighted by Crippen LogP contribution is 2.63.